The summed E-state index contributed by atoms with van der Waals surface area (Å²) in [7, 11) is 0. The van der Waals surface area contributed by atoms with Crippen molar-refractivity contribution in [3.05, 3.63) is 69.9 Å². The van der Waals surface area contributed by atoms with Crippen LogP contribution in [0.5, 0.6) is 5.75 Å². The van der Waals surface area contributed by atoms with Crippen molar-refractivity contribution < 1.29 is 23.5 Å². The summed E-state index contributed by atoms with van der Waals surface area (Å²) in [4.78, 5) is 43.1. The molecule has 0 saturated heterocycles. The molecule has 0 unspecified atom stereocenters. The molecule has 174 valence electrons. The van der Waals surface area contributed by atoms with E-state index < -0.39 is 11.6 Å². The number of nitrogens with zero attached hydrogens (tertiary/aromatic N) is 2. The standard InChI is InChI=1S/C25H22N2O6S/c1-4-31-21-8-6-7-17-13-19(24(30)33-22(17)21)20-14-34-25(26-20)27(15(3)28)18-11-9-16(10-12-18)23(29)32-5-2/h6-14H,4-5H2,1-3H3. The van der Waals surface area contributed by atoms with Gasteiger partial charge in [-0.05, 0) is 50.2 Å². The average Bonchev–Trinajstić information content (AvgIpc) is 3.29. The van der Waals surface area contributed by atoms with E-state index in [-0.39, 0.29) is 18.1 Å². The number of amides is 1. The van der Waals surface area contributed by atoms with Crippen molar-refractivity contribution in [2.45, 2.75) is 20.8 Å². The van der Waals surface area contributed by atoms with E-state index in [0.717, 1.165) is 0 Å². The van der Waals surface area contributed by atoms with Gasteiger partial charge in [-0.1, -0.05) is 12.1 Å². The van der Waals surface area contributed by atoms with Crippen molar-refractivity contribution in [1.82, 2.24) is 4.98 Å². The molecular formula is C25H22N2O6S. The van der Waals surface area contributed by atoms with Gasteiger partial charge in [-0.2, -0.15) is 0 Å². The van der Waals surface area contributed by atoms with Gasteiger partial charge in [-0.25, -0.2) is 14.6 Å². The maximum Gasteiger partial charge on any atom is 0.345 e. The molecule has 0 atom stereocenters. The zero-order valence-corrected chi connectivity index (χ0v) is 19.7. The summed E-state index contributed by atoms with van der Waals surface area (Å²) in [6, 6.07) is 13.6. The molecule has 0 aliphatic rings. The van der Waals surface area contributed by atoms with Gasteiger partial charge in [0.1, 0.15) is 0 Å². The van der Waals surface area contributed by atoms with Crippen molar-refractivity contribution in [2.24, 2.45) is 0 Å². The molecule has 2 aromatic heterocycles. The van der Waals surface area contributed by atoms with Gasteiger partial charge in [0, 0.05) is 17.7 Å². The highest BCUT2D eigenvalue weighted by molar-refractivity contribution is 7.14. The Kier molecular flexibility index (Phi) is 6.74. The van der Waals surface area contributed by atoms with Gasteiger partial charge >= 0.3 is 11.6 Å². The lowest BCUT2D eigenvalue weighted by molar-refractivity contribution is -0.115. The third-order valence-electron chi connectivity index (χ3n) is 4.93. The quantitative estimate of drug-likeness (QED) is 0.267. The predicted octanol–water partition coefficient (Wildman–Crippen LogP) is 5.18. The van der Waals surface area contributed by atoms with Crippen molar-refractivity contribution in [3.8, 4) is 17.0 Å². The smallest absolute Gasteiger partial charge is 0.345 e. The minimum Gasteiger partial charge on any atom is -0.490 e. The monoisotopic (exact) mass is 478 g/mol. The summed E-state index contributed by atoms with van der Waals surface area (Å²) in [5.74, 6) is -0.205. The first kappa shape index (κ1) is 23.2. The molecular weight excluding hydrogens is 456 g/mol. The Morgan fingerprint density at radius 2 is 1.85 bits per heavy atom. The fraction of sp³-hybridized carbons (Fsp3) is 0.200. The van der Waals surface area contributed by atoms with Crippen LogP contribution < -0.4 is 15.3 Å². The maximum atomic E-state index is 12.7. The number of ether oxygens (including phenoxy) is 2. The van der Waals surface area contributed by atoms with Crippen LogP contribution in [-0.4, -0.2) is 30.1 Å². The summed E-state index contributed by atoms with van der Waals surface area (Å²) in [5.41, 5.74) is 1.42. The highest BCUT2D eigenvalue weighted by atomic mass is 32.1. The van der Waals surface area contributed by atoms with E-state index in [2.05, 4.69) is 4.98 Å². The van der Waals surface area contributed by atoms with Gasteiger partial charge in [0.15, 0.2) is 16.5 Å². The van der Waals surface area contributed by atoms with Crippen LogP contribution in [0.4, 0.5) is 10.8 Å². The zero-order chi connectivity index (χ0) is 24.2. The lowest BCUT2D eigenvalue weighted by atomic mass is 10.1. The molecule has 8 nitrogen and oxygen atoms in total. The highest BCUT2D eigenvalue weighted by Crippen LogP contribution is 2.33. The van der Waals surface area contributed by atoms with Gasteiger partial charge < -0.3 is 13.9 Å². The number of fused-ring (bicyclic) bond motifs is 1. The number of hydrogen-bond donors (Lipinski definition) is 0. The van der Waals surface area contributed by atoms with Crippen LogP contribution >= 0.6 is 11.3 Å². The third-order valence-corrected chi connectivity index (χ3v) is 5.76. The van der Waals surface area contributed by atoms with Crippen LogP contribution in [-0.2, 0) is 9.53 Å². The molecule has 0 bridgehead atoms. The van der Waals surface area contributed by atoms with Crippen LogP contribution in [0, 0.1) is 0 Å². The van der Waals surface area contributed by atoms with Gasteiger partial charge in [0.05, 0.1) is 35.7 Å². The number of benzene rings is 2. The summed E-state index contributed by atoms with van der Waals surface area (Å²) < 4.78 is 16.1. The first-order valence-electron chi connectivity index (χ1n) is 10.7. The second kappa shape index (κ2) is 9.88. The second-order valence-corrected chi connectivity index (χ2v) is 8.03. The van der Waals surface area contributed by atoms with Crippen molar-refractivity contribution >= 4 is 45.0 Å². The Labute approximate surface area is 199 Å². The van der Waals surface area contributed by atoms with Crippen molar-refractivity contribution in [1.29, 1.82) is 0 Å². The molecule has 0 N–H and O–H groups in total. The number of para-hydroxylation sites is 1. The minimum atomic E-state index is -0.551. The summed E-state index contributed by atoms with van der Waals surface area (Å²) in [6.45, 7) is 5.73. The Morgan fingerprint density at radius 3 is 2.53 bits per heavy atom. The molecule has 0 spiro atoms. The largest absolute Gasteiger partial charge is 0.490 e. The van der Waals surface area contributed by atoms with Crippen LogP contribution in [0.15, 0.2) is 63.1 Å². The molecule has 0 aliphatic heterocycles. The fourth-order valence-corrected chi connectivity index (χ4v) is 4.33. The van der Waals surface area contributed by atoms with Crippen LogP contribution in [0.3, 0.4) is 0 Å². The first-order valence-corrected chi connectivity index (χ1v) is 11.5. The second-order valence-electron chi connectivity index (χ2n) is 7.19. The molecule has 34 heavy (non-hydrogen) atoms. The van der Waals surface area contributed by atoms with E-state index >= 15 is 0 Å². The number of esters is 1. The molecule has 2 aromatic carbocycles. The Hall–Kier alpha value is -3.98. The lowest BCUT2D eigenvalue weighted by Gasteiger charge is -2.18. The molecule has 4 rings (SSSR count). The van der Waals surface area contributed by atoms with Crippen LogP contribution in [0.25, 0.3) is 22.2 Å². The third kappa shape index (κ3) is 4.55. The Balaban J connectivity index is 1.69. The summed E-state index contributed by atoms with van der Waals surface area (Å²) in [6.07, 6.45) is 0. The first-order chi connectivity index (χ1) is 16.4. The molecule has 0 radical (unpaired) electrons. The SMILES string of the molecule is CCOC(=O)c1ccc(N(C(C)=O)c2nc(-c3cc4cccc(OCC)c4oc3=O)cs2)cc1. The molecule has 0 saturated carbocycles. The van der Waals surface area contributed by atoms with Crippen molar-refractivity contribution in [2.75, 3.05) is 18.1 Å². The van der Waals surface area contributed by atoms with Gasteiger partial charge in [-0.3, -0.25) is 9.69 Å². The molecule has 0 aliphatic carbocycles. The topological polar surface area (TPSA) is 98.9 Å². The molecule has 1 amide bonds. The number of hydrogen-bond acceptors (Lipinski definition) is 8. The van der Waals surface area contributed by atoms with E-state index in [1.54, 1.807) is 48.7 Å². The molecule has 4 aromatic rings. The van der Waals surface area contributed by atoms with Gasteiger partial charge in [0.2, 0.25) is 5.91 Å². The van der Waals surface area contributed by atoms with Crippen molar-refractivity contribution in [3.63, 3.8) is 0 Å². The lowest BCUT2D eigenvalue weighted by Crippen LogP contribution is -2.22. The Morgan fingerprint density at radius 1 is 1.09 bits per heavy atom. The predicted molar refractivity (Wildman–Crippen MR) is 130 cm³/mol. The maximum absolute atomic E-state index is 12.7. The highest BCUT2D eigenvalue weighted by Gasteiger charge is 2.21. The zero-order valence-electron chi connectivity index (χ0n) is 18.9. The number of anilines is 2. The van der Waals surface area contributed by atoms with E-state index in [4.69, 9.17) is 13.9 Å². The summed E-state index contributed by atoms with van der Waals surface area (Å²) >= 11 is 1.22. The number of carbonyl (C=O) groups is 2. The molecule has 9 heteroatoms. The normalized spacial score (nSPS) is 10.8. The van der Waals surface area contributed by atoms with Crippen LogP contribution in [0.2, 0.25) is 0 Å². The summed E-state index contributed by atoms with van der Waals surface area (Å²) in [5, 5.41) is 2.78. The number of aromatic nitrogens is 1. The van der Waals surface area contributed by atoms with E-state index in [0.29, 0.717) is 45.4 Å². The molecule has 2 heterocycles. The van der Waals surface area contributed by atoms with Gasteiger partial charge in [0.25, 0.3) is 0 Å². The minimum absolute atomic E-state index is 0.267. The van der Waals surface area contributed by atoms with E-state index in [9.17, 15) is 14.4 Å². The van der Waals surface area contributed by atoms with Crippen LogP contribution in [0.1, 0.15) is 31.1 Å². The number of rotatable bonds is 7. The van der Waals surface area contributed by atoms with Gasteiger partial charge in [-0.15, -0.1) is 11.3 Å². The molecule has 0 fully saturated rings. The van der Waals surface area contributed by atoms with E-state index in [1.165, 1.54) is 23.2 Å². The van der Waals surface area contributed by atoms with E-state index in [1.807, 2.05) is 19.1 Å². The number of carbonyl (C=O) groups excluding carboxylic acids is 2. The number of thiazole rings is 1. The Bertz CT molecular complexity index is 1410. The average molecular weight is 479 g/mol. The fourth-order valence-electron chi connectivity index (χ4n) is 3.44.